The monoisotopic (exact) mass is 452 g/mol. The van der Waals surface area contributed by atoms with Crippen molar-refractivity contribution in [3.05, 3.63) is 82.9 Å². The molecule has 7 heteroatoms. The van der Waals surface area contributed by atoms with E-state index in [1.807, 2.05) is 24.3 Å². The molecule has 2 N–H and O–H groups in total. The fourth-order valence-electron chi connectivity index (χ4n) is 2.96. The van der Waals surface area contributed by atoms with Crippen LogP contribution in [-0.2, 0) is 11.2 Å². The average Bonchev–Trinajstić information content (AvgIpc) is 2.80. The Labute approximate surface area is 192 Å². The summed E-state index contributed by atoms with van der Waals surface area (Å²) in [6.45, 7) is 3.75. The molecule has 0 aromatic heterocycles. The molecule has 0 aliphatic heterocycles. The lowest BCUT2D eigenvalue weighted by Gasteiger charge is -2.15. The Morgan fingerprint density at radius 3 is 2.19 bits per heavy atom. The highest BCUT2D eigenvalue weighted by molar-refractivity contribution is 6.32. The Hall–Kier alpha value is -3.51. The normalized spacial score (nSPS) is 11.4. The van der Waals surface area contributed by atoms with Crippen molar-refractivity contribution in [2.45, 2.75) is 26.4 Å². The van der Waals surface area contributed by atoms with Gasteiger partial charge in [-0.3, -0.25) is 9.59 Å². The summed E-state index contributed by atoms with van der Waals surface area (Å²) >= 11 is 6.09. The van der Waals surface area contributed by atoms with E-state index in [1.54, 1.807) is 49.4 Å². The largest absolute Gasteiger partial charge is 0.495 e. The molecule has 0 saturated carbocycles. The van der Waals surface area contributed by atoms with Crippen LogP contribution in [-0.4, -0.2) is 25.0 Å². The molecule has 0 aliphatic carbocycles. The van der Waals surface area contributed by atoms with Gasteiger partial charge in [0.1, 0.15) is 11.5 Å². The highest BCUT2D eigenvalue weighted by atomic mass is 35.5. The van der Waals surface area contributed by atoms with E-state index in [-0.39, 0.29) is 11.8 Å². The van der Waals surface area contributed by atoms with Gasteiger partial charge in [0.25, 0.3) is 11.8 Å². The van der Waals surface area contributed by atoms with Gasteiger partial charge >= 0.3 is 0 Å². The number of aryl methyl sites for hydroxylation is 1. The molecule has 0 saturated heterocycles. The number of carbonyl (C=O) groups is 2. The van der Waals surface area contributed by atoms with E-state index in [1.165, 1.54) is 12.7 Å². The number of nitrogens with one attached hydrogen (secondary N) is 2. The van der Waals surface area contributed by atoms with E-state index >= 15 is 0 Å². The number of anilines is 2. The summed E-state index contributed by atoms with van der Waals surface area (Å²) in [5.41, 5.74) is 2.91. The van der Waals surface area contributed by atoms with Crippen LogP contribution < -0.4 is 20.1 Å². The van der Waals surface area contributed by atoms with E-state index in [0.29, 0.717) is 33.5 Å². The van der Waals surface area contributed by atoms with Gasteiger partial charge in [-0.2, -0.15) is 0 Å². The van der Waals surface area contributed by atoms with Crippen LogP contribution >= 0.6 is 11.6 Å². The zero-order chi connectivity index (χ0) is 23.1. The van der Waals surface area contributed by atoms with Crippen LogP contribution in [0.5, 0.6) is 11.5 Å². The molecule has 1 atom stereocenters. The number of amides is 2. The number of hydrogen-bond donors (Lipinski definition) is 2. The third-order valence-corrected chi connectivity index (χ3v) is 5.13. The van der Waals surface area contributed by atoms with Crippen molar-refractivity contribution in [2.24, 2.45) is 0 Å². The number of hydrogen-bond acceptors (Lipinski definition) is 4. The molecule has 0 fully saturated rings. The number of rotatable bonds is 8. The molecule has 3 aromatic rings. The van der Waals surface area contributed by atoms with Crippen LogP contribution in [0.1, 0.15) is 29.8 Å². The Morgan fingerprint density at radius 1 is 0.938 bits per heavy atom. The highest BCUT2D eigenvalue weighted by Gasteiger charge is 2.15. The Kier molecular flexibility index (Phi) is 7.73. The Morgan fingerprint density at radius 2 is 1.59 bits per heavy atom. The second-order valence-electron chi connectivity index (χ2n) is 7.13. The maximum Gasteiger partial charge on any atom is 0.265 e. The summed E-state index contributed by atoms with van der Waals surface area (Å²) in [6, 6.07) is 19.2. The first-order chi connectivity index (χ1) is 15.4. The molecule has 0 bridgehead atoms. The second kappa shape index (κ2) is 10.7. The molecule has 0 aliphatic rings. The molecule has 166 valence electrons. The predicted octanol–water partition coefficient (Wildman–Crippen LogP) is 5.57. The Bertz CT molecular complexity index is 1080. The van der Waals surface area contributed by atoms with Crippen LogP contribution in [0.2, 0.25) is 5.02 Å². The van der Waals surface area contributed by atoms with Gasteiger partial charge in [-0.1, -0.05) is 30.7 Å². The topological polar surface area (TPSA) is 76.7 Å². The fraction of sp³-hybridized carbons (Fsp3) is 0.200. The third kappa shape index (κ3) is 6.02. The molecular formula is C25H25ClN2O4. The first-order valence-electron chi connectivity index (χ1n) is 10.2. The minimum Gasteiger partial charge on any atom is -0.495 e. The van der Waals surface area contributed by atoms with Crippen LogP contribution in [0.15, 0.2) is 66.7 Å². The number of carbonyl (C=O) groups excluding carboxylic acids is 2. The SMILES string of the molecule is CCc1ccc(NC(=O)[C@@H](C)Oc2ccc(C(=O)Nc3ccc(OC)c(Cl)c3)cc2)cc1. The highest BCUT2D eigenvalue weighted by Crippen LogP contribution is 2.27. The number of benzene rings is 3. The van der Waals surface area contributed by atoms with Crippen molar-refractivity contribution < 1.29 is 19.1 Å². The van der Waals surface area contributed by atoms with E-state index in [2.05, 4.69) is 17.6 Å². The van der Waals surface area contributed by atoms with Gasteiger partial charge < -0.3 is 20.1 Å². The molecule has 0 spiro atoms. The first kappa shape index (κ1) is 23.2. The van der Waals surface area contributed by atoms with E-state index in [0.717, 1.165) is 6.42 Å². The molecule has 3 rings (SSSR count). The fourth-order valence-corrected chi connectivity index (χ4v) is 3.22. The summed E-state index contributed by atoms with van der Waals surface area (Å²) in [4.78, 5) is 24.9. The van der Waals surface area contributed by atoms with Gasteiger partial charge in [-0.25, -0.2) is 0 Å². The van der Waals surface area contributed by atoms with Crippen molar-refractivity contribution in [3.63, 3.8) is 0 Å². The van der Waals surface area contributed by atoms with Crippen molar-refractivity contribution in [3.8, 4) is 11.5 Å². The lowest BCUT2D eigenvalue weighted by Crippen LogP contribution is -2.30. The van der Waals surface area contributed by atoms with Gasteiger partial charge in [0.05, 0.1) is 12.1 Å². The molecular weight excluding hydrogens is 428 g/mol. The van der Waals surface area contributed by atoms with Crippen molar-refractivity contribution in [1.29, 1.82) is 0 Å². The third-order valence-electron chi connectivity index (χ3n) is 4.84. The molecule has 0 radical (unpaired) electrons. The van der Waals surface area contributed by atoms with Gasteiger partial charge in [0, 0.05) is 16.9 Å². The molecule has 3 aromatic carbocycles. The summed E-state index contributed by atoms with van der Waals surface area (Å²) in [6.07, 6.45) is 0.234. The first-order valence-corrected chi connectivity index (χ1v) is 10.6. The smallest absolute Gasteiger partial charge is 0.265 e. The summed E-state index contributed by atoms with van der Waals surface area (Å²) < 4.78 is 10.8. The van der Waals surface area contributed by atoms with Gasteiger partial charge in [-0.15, -0.1) is 0 Å². The molecule has 32 heavy (non-hydrogen) atoms. The minimum atomic E-state index is -0.707. The van der Waals surface area contributed by atoms with Crippen LogP contribution in [0.4, 0.5) is 11.4 Å². The molecule has 0 heterocycles. The van der Waals surface area contributed by atoms with Gasteiger partial charge in [0.2, 0.25) is 0 Å². The van der Waals surface area contributed by atoms with Crippen LogP contribution in [0.25, 0.3) is 0 Å². The van der Waals surface area contributed by atoms with E-state index in [9.17, 15) is 9.59 Å². The standard InChI is InChI=1S/C25H25ClN2O4/c1-4-17-5-9-19(10-6-17)27-24(29)16(2)32-21-12-7-18(8-13-21)25(30)28-20-11-14-23(31-3)22(26)15-20/h5-16H,4H2,1-3H3,(H,27,29)(H,28,30)/t16-/m1/s1. The quantitative estimate of drug-likeness (QED) is 0.468. The number of methoxy groups -OCH3 is 1. The molecule has 0 unspecified atom stereocenters. The summed E-state index contributed by atoms with van der Waals surface area (Å²) in [5, 5.41) is 6.02. The molecule has 2 amide bonds. The lowest BCUT2D eigenvalue weighted by atomic mass is 10.1. The molecule has 6 nitrogen and oxygen atoms in total. The van der Waals surface area contributed by atoms with Gasteiger partial charge in [0.15, 0.2) is 6.10 Å². The Balaban J connectivity index is 1.56. The zero-order valence-corrected chi connectivity index (χ0v) is 18.9. The van der Waals surface area contributed by atoms with Crippen molar-refractivity contribution >= 4 is 34.8 Å². The van der Waals surface area contributed by atoms with Crippen LogP contribution in [0, 0.1) is 0 Å². The lowest BCUT2D eigenvalue weighted by molar-refractivity contribution is -0.122. The van der Waals surface area contributed by atoms with E-state index < -0.39 is 6.10 Å². The maximum absolute atomic E-state index is 12.5. The predicted molar refractivity (Wildman–Crippen MR) is 127 cm³/mol. The van der Waals surface area contributed by atoms with Crippen molar-refractivity contribution in [2.75, 3.05) is 17.7 Å². The second-order valence-corrected chi connectivity index (χ2v) is 7.53. The average molecular weight is 453 g/mol. The van der Waals surface area contributed by atoms with E-state index in [4.69, 9.17) is 21.1 Å². The summed E-state index contributed by atoms with van der Waals surface area (Å²) in [7, 11) is 1.53. The number of halogens is 1. The number of ether oxygens (including phenoxy) is 2. The summed E-state index contributed by atoms with van der Waals surface area (Å²) in [5.74, 6) is 0.465. The van der Waals surface area contributed by atoms with Crippen molar-refractivity contribution in [1.82, 2.24) is 0 Å². The van der Waals surface area contributed by atoms with Crippen LogP contribution in [0.3, 0.4) is 0 Å². The maximum atomic E-state index is 12.5. The zero-order valence-electron chi connectivity index (χ0n) is 18.1. The minimum absolute atomic E-state index is 0.257. The van der Waals surface area contributed by atoms with Gasteiger partial charge in [-0.05, 0) is 73.5 Å².